The van der Waals surface area contributed by atoms with Gasteiger partial charge in [-0.05, 0) is 36.6 Å². The van der Waals surface area contributed by atoms with E-state index >= 15 is 0 Å². The highest BCUT2D eigenvalue weighted by Gasteiger charge is 2.27. The summed E-state index contributed by atoms with van der Waals surface area (Å²) in [6.07, 6.45) is 5.80. The van der Waals surface area contributed by atoms with E-state index in [0.717, 1.165) is 49.8 Å². The van der Waals surface area contributed by atoms with Crippen LogP contribution in [0.25, 0.3) is 0 Å². The first kappa shape index (κ1) is 25.2. The number of sulfonamides is 1. The van der Waals surface area contributed by atoms with Crippen molar-refractivity contribution < 1.29 is 22.7 Å². The first-order valence-corrected chi connectivity index (χ1v) is 12.9. The monoisotopic (exact) mass is 474 g/mol. The molecule has 0 aliphatic carbocycles. The molecule has 1 amide bonds. The van der Waals surface area contributed by atoms with Gasteiger partial charge < -0.3 is 14.4 Å². The minimum atomic E-state index is -3.76. The van der Waals surface area contributed by atoms with Gasteiger partial charge in [0.05, 0.1) is 12.0 Å². The Labute approximate surface area is 197 Å². The zero-order valence-corrected chi connectivity index (χ0v) is 20.4. The van der Waals surface area contributed by atoms with Crippen LogP contribution in [0, 0.1) is 0 Å². The fraction of sp³-hybridized carbons (Fsp3) is 0.480. The molecule has 0 spiro atoms. The van der Waals surface area contributed by atoms with Crippen molar-refractivity contribution in [3.8, 4) is 5.75 Å². The lowest BCUT2D eigenvalue weighted by atomic mass is 10.1. The Kier molecular flexibility index (Phi) is 9.29. The number of carbonyl (C=O) groups excluding carboxylic acids is 1. The summed E-state index contributed by atoms with van der Waals surface area (Å²) in [5.74, 6) is 0.376. The van der Waals surface area contributed by atoms with Crippen molar-refractivity contribution in [3.05, 3.63) is 54.1 Å². The number of fused-ring (bicyclic) bond motifs is 1. The molecule has 0 atom stereocenters. The lowest BCUT2D eigenvalue weighted by Gasteiger charge is -2.28. The Morgan fingerprint density at radius 1 is 0.909 bits per heavy atom. The van der Waals surface area contributed by atoms with E-state index in [9.17, 15) is 13.2 Å². The Balaban J connectivity index is 2.01. The highest BCUT2D eigenvalue weighted by Crippen LogP contribution is 2.28. The first-order chi connectivity index (χ1) is 16.0. The summed E-state index contributed by atoms with van der Waals surface area (Å²) in [7, 11) is -0.730. The predicted molar refractivity (Wildman–Crippen MR) is 129 cm³/mol. The van der Waals surface area contributed by atoms with Crippen molar-refractivity contribution in [2.24, 2.45) is 0 Å². The Morgan fingerprint density at radius 3 is 2.33 bits per heavy atom. The summed E-state index contributed by atoms with van der Waals surface area (Å²) in [6, 6.07) is 14.1. The molecule has 0 aromatic heterocycles. The van der Waals surface area contributed by atoms with Crippen LogP contribution in [0.4, 0.5) is 5.69 Å². The summed E-state index contributed by atoms with van der Waals surface area (Å²) in [4.78, 5) is 14.8. The van der Waals surface area contributed by atoms with E-state index < -0.39 is 10.0 Å². The number of hydrogen-bond donors (Lipinski definition) is 0. The molecule has 2 aromatic rings. The van der Waals surface area contributed by atoms with Gasteiger partial charge in [-0.2, -0.15) is 4.31 Å². The lowest BCUT2D eigenvalue weighted by Crippen LogP contribution is -2.37. The quantitative estimate of drug-likeness (QED) is 0.649. The van der Waals surface area contributed by atoms with E-state index in [1.807, 2.05) is 24.3 Å². The fourth-order valence-corrected chi connectivity index (χ4v) is 5.63. The van der Waals surface area contributed by atoms with Crippen LogP contribution < -0.4 is 9.64 Å². The van der Waals surface area contributed by atoms with Gasteiger partial charge in [0, 0.05) is 38.5 Å². The average molecular weight is 475 g/mol. The zero-order chi connectivity index (χ0) is 23.7. The number of para-hydroxylation sites is 1. The minimum absolute atomic E-state index is 0.0137. The molecule has 0 saturated heterocycles. The molecule has 0 unspecified atom stereocenters. The standard InChI is InChI=1S/C25H34N2O5S/c1-31-20-25(28)27-17-10-6-4-3-5-9-16-26(19-21-12-7-8-15-24(21)27)33(29,30)23-14-11-13-22(18-23)32-2/h7-8,11-15,18H,3-6,9-10,16-17,19-20H2,1-2H3. The van der Waals surface area contributed by atoms with Crippen molar-refractivity contribution in [2.45, 2.75) is 50.0 Å². The van der Waals surface area contributed by atoms with Crippen molar-refractivity contribution in [1.82, 2.24) is 4.31 Å². The molecule has 1 heterocycles. The van der Waals surface area contributed by atoms with Crippen LogP contribution in [0.15, 0.2) is 53.4 Å². The summed E-state index contributed by atoms with van der Waals surface area (Å²) < 4.78 is 39.2. The van der Waals surface area contributed by atoms with Crippen LogP contribution in [0.2, 0.25) is 0 Å². The summed E-state index contributed by atoms with van der Waals surface area (Å²) in [5, 5.41) is 0. The molecule has 0 fully saturated rings. The minimum Gasteiger partial charge on any atom is -0.497 e. The Bertz CT molecular complexity index is 1020. The zero-order valence-electron chi connectivity index (χ0n) is 19.5. The van der Waals surface area contributed by atoms with Crippen LogP contribution >= 0.6 is 0 Å². The molecule has 33 heavy (non-hydrogen) atoms. The van der Waals surface area contributed by atoms with Crippen LogP contribution in [-0.2, 0) is 26.1 Å². The molecule has 7 nitrogen and oxygen atoms in total. The van der Waals surface area contributed by atoms with E-state index in [-0.39, 0.29) is 24.0 Å². The van der Waals surface area contributed by atoms with Crippen LogP contribution in [0.5, 0.6) is 5.75 Å². The largest absolute Gasteiger partial charge is 0.497 e. The molecule has 2 aromatic carbocycles. The van der Waals surface area contributed by atoms with Crippen LogP contribution in [0.3, 0.4) is 0 Å². The molecule has 3 rings (SSSR count). The van der Waals surface area contributed by atoms with Gasteiger partial charge in [0.1, 0.15) is 12.4 Å². The van der Waals surface area contributed by atoms with Crippen LogP contribution in [-0.4, -0.2) is 52.5 Å². The van der Waals surface area contributed by atoms with Crippen molar-refractivity contribution in [1.29, 1.82) is 0 Å². The Morgan fingerprint density at radius 2 is 1.61 bits per heavy atom. The second-order valence-electron chi connectivity index (χ2n) is 8.25. The summed E-state index contributed by atoms with van der Waals surface area (Å²) >= 11 is 0. The average Bonchev–Trinajstić information content (AvgIpc) is 2.84. The highest BCUT2D eigenvalue weighted by molar-refractivity contribution is 7.89. The van der Waals surface area contributed by atoms with E-state index in [2.05, 4.69) is 0 Å². The highest BCUT2D eigenvalue weighted by atomic mass is 32.2. The number of amides is 1. The number of carbonyl (C=O) groups is 1. The van der Waals surface area contributed by atoms with E-state index in [0.29, 0.717) is 18.8 Å². The maximum absolute atomic E-state index is 13.6. The van der Waals surface area contributed by atoms with E-state index in [4.69, 9.17) is 9.47 Å². The number of nitrogens with zero attached hydrogens (tertiary/aromatic N) is 2. The fourth-order valence-electron chi connectivity index (χ4n) is 4.14. The molecule has 0 N–H and O–H groups in total. The normalized spacial score (nSPS) is 16.7. The van der Waals surface area contributed by atoms with Gasteiger partial charge in [0.2, 0.25) is 10.0 Å². The molecule has 0 saturated carbocycles. The molecule has 0 bridgehead atoms. The number of hydrogen-bond acceptors (Lipinski definition) is 5. The number of ether oxygens (including phenoxy) is 2. The third-order valence-electron chi connectivity index (χ3n) is 5.92. The molecule has 0 radical (unpaired) electrons. The van der Waals surface area contributed by atoms with E-state index in [1.165, 1.54) is 18.5 Å². The van der Waals surface area contributed by atoms with Gasteiger partial charge in [-0.15, -0.1) is 0 Å². The number of methoxy groups -OCH3 is 2. The van der Waals surface area contributed by atoms with Gasteiger partial charge in [0.25, 0.3) is 5.91 Å². The molecule has 1 aliphatic heterocycles. The summed E-state index contributed by atoms with van der Waals surface area (Å²) in [5.41, 5.74) is 1.54. The second kappa shape index (κ2) is 12.2. The number of rotatable bonds is 5. The maximum atomic E-state index is 13.6. The smallest absolute Gasteiger partial charge is 0.252 e. The number of anilines is 1. The third-order valence-corrected chi connectivity index (χ3v) is 7.76. The summed E-state index contributed by atoms with van der Waals surface area (Å²) in [6.45, 7) is 1.17. The van der Waals surface area contributed by atoms with Gasteiger partial charge >= 0.3 is 0 Å². The maximum Gasteiger partial charge on any atom is 0.252 e. The topological polar surface area (TPSA) is 76.2 Å². The van der Waals surface area contributed by atoms with E-state index in [1.54, 1.807) is 29.2 Å². The lowest BCUT2D eigenvalue weighted by molar-refractivity contribution is -0.122. The van der Waals surface area contributed by atoms with Gasteiger partial charge in [-0.3, -0.25) is 4.79 Å². The molecular weight excluding hydrogens is 440 g/mol. The van der Waals surface area contributed by atoms with Crippen molar-refractivity contribution in [3.63, 3.8) is 0 Å². The van der Waals surface area contributed by atoms with Crippen molar-refractivity contribution in [2.75, 3.05) is 38.8 Å². The van der Waals surface area contributed by atoms with Gasteiger partial charge in [0.15, 0.2) is 0 Å². The third kappa shape index (κ3) is 6.56. The van der Waals surface area contributed by atoms with Gasteiger partial charge in [-0.25, -0.2) is 8.42 Å². The molecule has 180 valence electrons. The molecular formula is C25H34N2O5S. The number of benzene rings is 2. The molecule has 1 aliphatic rings. The van der Waals surface area contributed by atoms with Crippen molar-refractivity contribution >= 4 is 21.6 Å². The Hall–Kier alpha value is -2.42. The first-order valence-electron chi connectivity index (χ1n) is 11.5. The van der Waals surface area contributed by atoms with Gasteiger partial charge in [-0.1, -0.05) is 49.9 Å². The predicted octanol–water partition coefficient (Wildman–Crippen LogP) is 4.22. The molecule has 8 heteroatoms. The SMILES string of the molecule is COCC(=O)N1CCCCCCCCN(S(=O)(=O)c2cccc(OC)c2)Cc2ccccc21. The van der Waals surface area contributed by atoms with Crippen LogP contribution in [0.1, 0.15) is 44.1 Å². The second-order valence-corrected chi connectivity index (χ2v) is 10.2.